The zero-order valence-corrected chi connectivity index (χ0v) is 10.2. The quantitative estimate of drug-likeness (QED) is 0.887. The molecule has 15 heavy (non-hydrogen) atoms. The van der Waals surface area contributed by atoms with Crippen molar-refractivity contribution in [3.63, 3.8) is 0 Å². The monoisotopic (exact) mass is 277 g/mol. The van der Waals surface area contributed by atoms with Crippen molar-refractivity contribution < 1.29 is 8.78 Å². The number of hydrogen-bond acceptors (Lipinski definition) is 1. The van der Waals surface area contributed by atoms with Crippen molar-refractivity contribution in [3.05, 3.63) is 33.8 Å². The Morgan fingerprint density at radius 3 is 2.33 bits per heavy atom. The minimum atomic E-state index is -0.578. The molecule has 0 aliphatic heterocycles. The van der Waals surface area contributed by atoms with Gasteiger partial charge in [-0.15, -0.1) is 0 Å². The largest absolute Gasteiger partial charge is 0.324 e. The van der Waals surface area contributed by atoms with Crippen LogP contribution in [0.3, 0.4) is 0 Å². The molecule has 0 amide bonds. The molecular formula is C11H14BrF2N. The molecule has 0 unspecified atom stereocenters. The Kier molecular flexibility index (Phi) is 4.67. The molecule has 0 saturated heterocycles. The molecule has 4 heteroatoms. The van der Waals surface area contributed by atoms with Crippen LogP contribution in [0.4, 0.5) is 8.78 Å². The molecule has 0 heterocycles. The van der Waals surface area contributed by atoms with Crippen molar-refractivity contribution >= 4 is 15.9 Å². The summed E-state index contributed by atoms with van der Waals surface area (Å²) in [5.74, 6) is -1.16. The van der Waals surface area contributed by atoms with Crippen LogP contribution in [0.2, 0.25) is 0 Å². The maximum atomic E-state index is 13.4. The lowest BCUT2D eigenvalue weighted by Crippen LogP contribution is -2.14. The van der Waals surface area contributed by atoms with Crippen molar-refractivity contribution in [1.82, 2.24) is 0 Å². The van der Waals surface area contributed by atoms with Gasteiger partial charge in [0.1, 0.15) is 11.6 Å². The summed E-state index contributed by atoms with van der Waals surface area (Å²) in [7, 11) is 0. The molecule has 1 rings (SSSR count). The smallest absolute Gasteiger partial charge is 0.132 e. The Hall–Kier alpha value is -0.480. The van der Waals surface area contributed by atoms with E-state index in [1.807, 2.05) is 6.92 Å². The highest BCUT2D eigenvalue weighted by molar-refractivity contribution is 9.10. The third kappa shape index (κ3) is 3.24. The van der Waals surface area contributed by atoms with Gasteiger partial charge in [-0.3, -0.25) is 0 Å². The lowest BCUT2D eigenvalue weighted by molar-refractivity contribution is 0.501. The third-order valence-corrected chi connectivity index (χ3v) is 2.74. The average Bonchev–Trinajstić information content (AvgIpc) is 2.12. The second-order valence-corrected chi connectivity index (χ2v) is 4.45. The Balaban J connectivity index is 2.92. The molecule has 84 valence electrons. The zero-order chi connectivity index (χ0) is 11.4. The van der Waals surface area contributed by atoms with E-state index in [-0.39, 0.29) is 5.56 Å². The molecule has 0 spiro atoms. The lowest BCUT2D eigenvalue weighted by atomic mass is 10.0. The van der Waals surface area contributed by atoms with Crippen LogP contribution < -0.4 is 5.73 Å². The van der Waals surface area contributed by atoms with Gasteiger partial charge in [-0.25, -0.2) is 8.78 Å². The van der Waals surface area contributed by atoms with Crippen molar-refractivity contribution in [1.29, 1.82) is 0 Å². The van der Waals surface area contributed by atoms with Gasteiger partial charge in [0, 0.05) is 16.1 Å². The summed E-state index contributed by atoms with van der Waals surface area (Å²) in [4.78, 5) is 0. The number of hydrogen-bond donors (Lipinski definition) is 1. The number of nitrogens with two attached hydrogens (primary N) is 1. The third-order valence-electron chi connectivity index (χ3n) is 2.28. The standard InChI is InChI=1S/C11H14BrF2N/c1-2-3-4-10(15)11-8(13)5-7(12)6-9(11)14/h5-6,10H,2-4,15H2,1H3/t10-/m1/s1. The predicted octanol–water partition coefficient (Wildman–Crippen LogP) is 3.92. The Morgan fingerprint density at radius 2 is 1.87 bits per heavy atom. The molecule has 1 aromatic rings. The van der Waals surface area contributed by atoms with E-state index in [1.54, 1.807) is 0 Å². The topological polar surface area (TPSA) is 26.0 Å². The summed E-state index contributed by atoms with van der Waals surface area (Å²) in [5, 5.41) is 0. The molecule has 1 aromatic carbocycles. The summed E-state index contributed by atoms with van der Waals surface area (Å²) in [6, 6.07) is 1.92. The normalized spacial score (nSPS) is 12.9. The zero-order valence-electron chi connectivity index (χ0n) is 8.56. The molecule has 0 fully saturated rings. The number of rotatable bonds is 4. The fourth-order valence-electron chi connectivity index (χ4n) is 1.48. The van der Waals surface area contributed by atoms with Crippen molar-refractivity contribution in [3.8, 4) is 0 Å². The van der Waals surface area contributed by atoms with Crippen LogP contribution in [0.5, 0.6) is 0 Å². The summed E-state index contributed by atoms with van der Waals surface area (Å²) in [5.41, 5.74) is 5.73. The van der Waals surface area contributed by atoms with E-state index >= 15 is 0 Å². The van der Waals surface area contributed by atoms with Crippen molar-refractivity contribution in [2.75, 3.05) is 0 Å². The van der Waals surface area contributed by atoms with Gasteiger partial charge in [-0.2, -0.15) is 0 Å². The molecule has 0 aliphatic rings. The van der Waals surface area contributed by atoms with Crippen LogP contribution in [-0.4, -0.2) is 0 Å². The van der Waals surface area contributed by atoms with Crippen LogP contribution in [0, 0.1) is 11.6 Å². The molecule has 0 aromatic heterocycles. The van der Waals surface area contributed by atoms with E-state index in [9.17, 15) is 8.78 Å². The van der Waals surface area contributed by atoms with Crippen LogP contribution in [0.1, 0.15) is 37.8 Å². The molecule has 0 aliphatic carbocycles. The molecule has 0 saturated carbocycles. The lowest BCUT2D eigenvalue weighted by Gasteiger charge is -2.13. The SMILES string of the molecule is CCCC[C@@H](N)c1c(F)cc(Br)cc1F. The number of halogens is 3. The van der Waals surface area contributed by atoms with Crippen LogP contribution in [-0.2, 0) is 0 Å². The van der Waals surface area contributed by atoms with E-state index in [0.29, 0.717) is 10.9 Å². The van der Waals surface area contributed by atoms with Gasteiger partial charge >= 0.3 is 0 Å². The minimum Gasteiger partial charge on any atom is -0.324 e. The summed E-state index contributed by atoms with van der Waals surface area (Å²) in [6.07, 6.45) is 2.44. The summed E-state index contributed by atoms with van der Waals surface area (Å²) in [6.45, 7) is 2.01. The molecule has 0 bridgehead atoms. The molecule has 2 N–H and O–H groups in total. The first kappa shape index (κ1) is 12.6. The van der Waals surface area contributed by atoms with Gasteiger partial charge < -0.3 is 5.73 Å². The van der Waals surface area contributed by atoms with E-state index < -0.39 is 17.7 Å². The highest BCUT2D eigenvalue weighted by Gasteiger charge is 2.16. The summed E-state index contributed by atoms with van der Waals surface area (Å²) >= 11 is 3.03. The number of unbranched alkanes of at least 4 members (excludes halogenated alkanes) is 1. The highest BCUT2D eigenvalue weighted by atomic mass is 79.9. The highest BCUT2D eigenvalue weighted by Crippen LogP contribution is 2.26. The number of benzene rings is 1. The fraction of sp³-hybridized carbons (Fsp3) is 0.455. The molecule has 0 radical (unpaired) electrons. The second kappa shape index (κ2) is 5.56. The molecular weight excluding hydrogens is 264 g/mol. The first-order chi connectivity index (χ1) is 7.06. The predicted molar refractivity (Wildman–Crippen MR) is 60.5 cm³/mol. The van der Waals surface area contributed by atoms with E-state index in [1.165, 1.54) is 12.1 Å². The first-order valence-electron chi connectivity index (χ1n) is 4.96. The van der Waals surface area contributed by atoms with Gasteiger partial charge in [0.2, 0.25) is 0 Å². The van der Waals surface area contributed by atoms with Gasteiger partial charge in [0.25, 0.3) is 0 Å². The van der Waals surface area contributed by atoms with Gasteiger partial charge in [-0.1, -0.05) is 35.7 Å². The van der Waals surface area contributed by atoms with Gasteiger partial charge in [0.05, 0.1) is 0 Å². The minimum absolute atomic E-state index is 0.00773. The molecule has 1 nitrogen and oxygen atoms in total. The van der Waals surface area contributed by atoms with E-state index in [4.69, 9.17) is 5.73 Å². The maximum absolute atomic E-state index is 13.4. The first-order valence-corrected chi connectivity index (χ1v) is 5.75. The van der Waals surface area contributed by atoms with E-state index in [2.05, 4.69) is 15.9 Å². The van der Waals surface area contributed by atoms with Crippen molar-refractivity contribution in [2.45, 2.75) is 32.2 Å². The fourth-order valence-corrected chi connectivity index (χ4v) is 1.88. The van der Waals surface area contributed by atoms with Crippen LogP contribution in [0.15, 0.2) is 16.6 Å². The van der Waals surface area contributed by atoms with Gasteiger partial charge in [0.15, 0.2) is 0 Å². The summed E-state index contributed by atoms with van der Waals surface area (Å²) < 4.78 is 27.3. The Morgan fingerprint density at radius 1 is 1.33 bits per heavy atom. The maximum Gasteiger partial charge on any atom is 0.132 e. The second-order valence-electron chi connectivity index (χ2n) is 3.53. The Bertz CT molecular complexity index is 318. The van der Waals surface area contributed by atoms with Crippen LogP contribution in [0.25, 0.3) is 0 Å². The van der Waals surface area contributed by atoms with Crippen molar-refractivity contribution in [2.24, 2.45) is 5.73 Å². The van der Waals surface area contributed by atoms with E-state index in [0.717, 1.165) is 12.8 Å². The molecule has 1 atom stereocenters. The van der Waals surface area contributed by atoms with Gasteiger partial charge in [-0.05, 0) is 18.6 Å². The average molecular weight is 278 g/mol. The Labute approximate surface area is 96.8 Å². The van der Waals surface area contributed by atoms with Crippen LogP contribution >= 0.6 is 15.9 Å².